The quantitative estimate of drug-likeness (QED) is 0.745. The molecule has 0 heterocycles. The Morgan fingerprint density at radius 1 is 1.00 bits per heavy atom. The van der Waals surface area contributed by atoms with E-state index in [1.165, 1.54) is 19.3 Å². The second-order valence-corrected chi connectivity index (χ2v) is 6.92. The van der Waals surface area contributed by atoms with Crippen molar-refractivity contribution in [3.63, 3.8) is 0 Å². The zero-order chi connectivity index (χ0) is 14.5. The normalized spacial score (nSPS) is 34.8. The Balaban J connectivity index is 1.78. The van der Waals surface area contributed by atoms with E-state index >= 15 is 0 Å². The van der Waals surface area contributed by atoms with E-state index in [1.54, 1.807) is 0 Å². The van der Waals surface area contributed by atoms with Gasteiger partial charge in [0.05, 0.1) is 6.10 Å². The first kappa shape index (κ1) is 15.6. The number of aliphatic hydroxyl groups is 1. The van der Waals surface area contributed by atoms with Gasteiger partial charge in [-0.15, -0.1) is 0 Å². The predicted molar refractivity (Wildman–Crippen MR) is 80.5 cm³/mol. The minimum atomic E-state index is -0.167. The van der Waals surface area contributed by atoms with Crippen LogP contribution in [0.5, 0.6) is 0 Å². The molecule has 0 aromatic heterocycles. The first-order chi connectivity index (χ1) is 9.56. The first-order valence-corrected chi connectivity index (χ1v) is 8.31. The van der Waals surface area contributed by atoms with Crippen molar-refractivity contribution in [2.24, 2.45) is 11.8 Å². The topological polar surface area (TPSA) is 61.4 Å². The SMILES string of the molecule is CC(C)[C@H]1CCCC[C@@H]1NC(=O)NC1CCC(O)CC1. The van der Waals surface area contributed by atoms with Crippen LogP contribution in [0, 0.1) is 11.8 Å². The average Bonchev–Trinajstić information content (AvgIpc) is 2.41. The molecular weight excluding hydrogens is 252 g/mol. The standard InChI is InChI=1S/C16H30N2O2/c1-11(2)14-5-3-4-6-15(14)18-16(20)17-12-7-9-13(19)10-8-12/h11-15,19H,3-10H2,1-2H3,(H2,17,18,20)/t12?,13?,14-,15+/m1/s1. The minimum absolute atomic E-state index is 0.0102. The van der Waals surface area contributed by atoms with Gasteiger partial charge >= 0.3 is 6.03 Å². The lowest BCUT2D eigenvalue weighted by molar-refractivity contribution is 0.117. The largest absolute Gasteiger partial charge is 0.393 e. The maximum atomic E-state index is 12.1. The number of nitrogens with one attached hydrogen (secondary N) is 2. The molecule has 2 atom stereocenters. The van der Waals surface area contributed by atoms with Crippen LogP contribution in [0.2, 0.25) is 0 Å². The molecule has 0 aliphatic heterocycles. The summed E-state index contributed by atoms with van der Waals surface area (Å²) in [5.41, 5.74) is 0. The van der Waals surface area contributed by atoms with Gasteiger partial charge in [-0.1, -0.05) is 26.7 Å². The molecule has 0 unspecified atom stereocenters. The Morgan fingerprint density at radius 3 is 2.30 bits per heavy atom. The summed E-state index contributed by atoms with van der Waals surface area (Å²) in [7, 11) is 0. The van der Waals surface area contributed by atoms with Crippen molar-refractivity contribution in [2.75, 3.05) is 0 Å². The van der Waals surface area contributed by atoms with E-state index in [9.17, 15) is 9.90 Å². The van der Waals surface area contributed by atoms with Gasteiger partial charge in [0.1, 0.15) is 0 Å². The fourth-order valence-electron chi connectivity index (χ4n) is 3.75. The molecule has 2 aliphatic rings. The Bertz CT molecular complexity index is 312. The highest BCUT2D eigenvalue weighted by molar-refractivity contribution is 5.74. The molecule has 116 valence electrons. The van der Waals surface area contributed by atoms with Crippen LogP contribution < -0.4 is 10.6 Å². The van der Waals surface area contributed by atoms with Gasteiger partial charge in [0.2, 0.25) is 0 Å². The highest BCUT2D eigenvalue weighted by atomic mass is 16.3. The summed E-state index contributed by atoms with van der Waals surface area (Å²) < 4.78 is 0. The lowest BCUT2D eigenvalue weighted by Crippen LogP contribution is -2.51. The number of carbonyl (C=O) groups excluding carboxylic acids is 1. The van der Waals surface area contributed by atoms with Crippen molar-refractivity contribution in [3.05, 3.63) is 0 Å². The van der Waals surface area contributed by atoms with Gasteiger partial charge in [0, 0.05) is 12.1 Å². The fourth-order valence-corrected chi connectivity index (χ4v) is 3.75. The fraction of sp³-hybridized carbons (Fsp3) is 0.938. The summed E-state index contributed by atoms with van der Waals surface area (Å²) in [6.07, 6.45) is 8.11. The molecule has 2 amide bonds. The van der Waals surface area contributed by atoms with Gasteiger partial charge < -0.3 is 15.7 Å². The zero-order valence-electron chi connectivity index (χ0n) is 12.9. The Labute approximate surface area is 122 Å². The third kappa shape index (κ3) is 4.37. The van der Waals surface area contributed by atoms with E-state index < -0.39 is 0 Å². The molecule has 2 fully saturated rings. The van der Waals surface area contributed by atoms with Crippen LogP contribution in [0.15, 0.2) is 0 Å². The predicted octanol–water partition coefficient (Wildman–Crippen LogP) is 2.80. The summed E-state index contributed by atoms with van der Waals surface area (Å²) in [5, 5.41) is 15.8. The summed E-state index contributed by atoms with van der Waals surface area (Å²) >= 11 is 0. The lowest BCUT2D eigenvalue weighted by atomic mass is 9.78. The van der Waals surface area contributed by atoms with Gasteiger partial charge in [0.15, 0.2) is 0 Å². The van der Waals surface area contributed by atoms with Crippen LogP contribution >= 0.6 is 0 Å². The molecular formula is C16H30N2O2. The Morgan fingerprint density at radius 2 is 1.65 bits per heavy atom. The molecule has 2 rings (SSSR count). The average molecular weight is 282 g/mol. The Kier molecular flexibility index (Phi) is 5.70. The molecule has 0 saturated heterocycles. The summed E-state index contributed by atoms with van der Waals surface area (Å²) in [5.74, 6) is 1.24. The van der Waals surface area contributed by atoms with Crippen LogP contribution in [0.1, 0.15) is 65.2 Å². The zero-order valence-corrected chi connectivity index (χ0v) is 12.9. The van der Waals surface area contributed by atoms with Gasteiger partial charge in [-0.3, -0.25) is 0 Å². The van der Waals surface area contributed by atoms with Gasteiger partial charge in [-0.25, -0.2) is 4.79 Å². The van der Waals surface area contributed by atoms with E-state index in [-0.39, 0.29) is 18.2 Å². The van der Waals surface area contributed by atoms with E-state index in [0.29, 0.717) is 17.9 Å². The third-order valence-electron chi connectivity index (χ3n) is 5.02. The monoisotopic (exact) mass is 282 g/mol. The number of amides is 2. The molecule has 20 heavy (non-hydrogen) atoms. The van der Waals surface area contributed by atoms with Crippen molar-refractivity contribution >= 4 is 6.03 Å². The molecule has 0 aromatic rings. The van der Waals surface area contributed by atoms with Crippen molar-refractivity contribution in [1.29, 1.82) is 0 Å². The number of urea groups is 1. The molecule has 0 bridgehead atoms. The molecule has 0 aromatic carbocycles. The van der Waals surface area contributed by atoms with Gasteiger partial charge in [0.25, 0.3) is 0 Å². The Hall–Kier alpha value is -0.770. The van der Waals surface area contributed by atoms with Crippen LogP contribution in [0.4, 0.5) is 4.79 Å². The first-order valence-electron chi connectivity index (χ1n) is 8.31. The van der Waals surface area contributed by atoms with Crippen molar-refractivity contribution in [1.82, 2.24) is 10.6 Å². The molecule has 3 N–H and O–H groups in total. The van der Waals surface area contributed by atoms with Crippen LogP contribution in [-0.2, 0) is 0 Å². The van der Waals surface area contributed by atoms with E-state index in [1.807, 2.05) is 0 Å². The van der Waals surface area contributed by atoms with E-state index in [2.05, 4.69) is 24.5 Å². The van der Waals surface area contributed by atoms with Crippen molar-refractivity contribution in [3.8, 4) is 0 Å². The molecule has 0 spiro atoms. The maximum absolute atomic E-state index is 12.1. The number of carbonyl (C=O) groups is 1. The summed E-state index contributed by atoms with van der Waals surface area (Å²) in [6.45, 7) is 4.51. The molecule has 4 nitrogen and oxygen atoms in total. The van der Waals surface area contributed by atoms with Gasteiger partial charge in [-0.2, -0.15) is 0 Å². The van der Waals surface area contributed by atoms with Crippen molar-refractivity contribution < 1.29 is 9.90 Å². The minimum Gasteiger partial charge on any atom is -0.393 e. The number of rotatable bonds is 3. The van der Waals surface area contributed by atoms with E-state index in [0.717, 1.165) is 32.1 Å². The maximum Gasteiger partial charge on any atom is 0.315 e. The van der Waals surface area contributed by atoms with Crippen LogP contribution in [0.25, 0.3) is 0 Å². The lowest BCUT2D eigenvalue weighted by Gasteiger charge is -2.35. The van der Waals surface area contributed by atoms with Crippen LogP contribution in [0.3, 0.4) is 0 Å². The highest BCUT2D eigenvalue weighted by Crippen LogP contribution is 2.30. The molecule has 4 heteroatoms. The van der Waals surface area contributed by atoms with E-state index in [4.69, 9.17) is 0 Å². The van der Waals surface area contributed by atoms with Gasteiger partial charge in [-0.05, 0) is 50.4 Å². The summed E-state index contributed by atoms with van der Waals surface area (Å²) in [4.78, 5) is 12.1. The van der Waals surface area contributed by atoms with Crippen LogP contribution in [-0.4, -0.2) is 29.3 Å². The number of hydrogen-bond acceptors (Lipinski definition) is 2. The second kappa shape index (κ2) is 7.30. The second-order valence-electron chi connectivity index (χ2n) is 6.92. The number of aliphatic hydroxyl groups excluding tert-OH is 1. The highest BCUT2D eigenvalue weighted by Gasteiger charge is 2.29. The summed E-state index contributed by atoms with van der Waals surface area (Å²) in [6, 6.07) is 0.557. The third-order valence-corrected chi connectivity index (χ3v) is 5.02. The van der Waals surface area contributed by atoms with Crippen molar-refractivity contribution in [2.45, 2.75) is 83.4 Å². The molecule has 2 saturated carbocycles. The molecule has 0 radical (unpaired) electrons. The smallest absolute Gasteiger partial charge is 0.315 e. The molecule has 2 aliphatic carbocycles. The number of hydrogen-bond donors (Lipinski definition) is 3.